The topological polar surface area (TPSA) is 57.9 Å². The standard InChI is InChI=1S/C25H19FO5/c1-15-24(25(27)17-4-9-21-23(12-17)29-11-10-28-21)20-8-7-19(13-22(20)31-15)30-14-16-2-5-18(26)6-3-16/h2-9,12-13H,10-11,14H2,1H3. The number of ether oxygens (including phenoxy) is 3. The van der Waals surface area contributed by atoms with E-state index in [-0.39, 0.29) is 11.6 Å². The summed E-state index contributed by atoms with van der Waals surface area (Å²) < 4.78 is 35.8. The lowest BCUT2D eigenvalue weighted by atomic mass is 10.00. The van der Waals surface area contributed by atoms with Crippen molar-refractivity contribution in [1.82, 2.24) is 0 Å². The minimum Gasteiger partial charge on any atom is -0.489 e. The molecule has 0 N–H and O–H groups in total. The average molecular weight is 418 g/mol. The predicted octanol–water partition coefficient (Wildman–Crippen LogP) is 5.46. The molecule has 1 aromatic heterocycles. The van der Waals surface area contributed by atoms with E-state index in [1.54, 1.807) is 49.4 Å². The summed E-state index contributed by atoms with van der Waals surface area (Å²) in [6.45, 7) is 3.02. The Morgan fingerprint density at radius 3 is 2.55 bits per heavy atom. The fraction of sp³-hybridized carbons (Fsp3) is 0.160. The van der Waals surface area contributed by atoms with Gasteiger partial charge in [-0.25, -0.2) is 4.39 Å². The molecule has 0 saturated heterocycles. The molecule has 0 aliphatic carbocycles. The molecule has 1 aliphatic rings. The maximum absolute atomic E-state index is 13.2. The van der Waals surface area contributed by atoms with Gasteiger partial charge in [-0.15, -0.1) is 0 Å². The summed E-state index contributed by atoms with van der Waals surface area (Å²) in [7, 11) is 0. The second-order valence-electron chi connectivity index (χ2n) is 7.29. The molecule has 0 radical (unpaired) electrons. The number of carbonyl (C=O) groups excluding carboxylic acids is 1. The molecule has 5 nitrogen and oxygen atoms in total. The van der Waals surface area contributed by atoms with Gasteiger partial charge >= 0.3 is 0 Å². The smallest absolute Gasteiger partial charge is 0.197 e. The number of aryl methyl sites for hydroxylation is 1. The highest BCUT2D eigenvalue weighted by molar-refractivity contribution is 6.17. The highest BCUT2D eigenvalue weighted by atomic mass is 19.1. The van der Waals surface area contributed by atoms with Crippen molar-refractivity contribution in [2.75, 3.05) is 13.2 Å². The van der Waals surface area contributed by atoms with E-state index in [1.807, 2.05) is 6.07 Å². The first-order valence-corrected chi connectivity index (χ1v) is 9.93. The van der Waals surface area contributed by atoms with Gasteiger partial charge in [0.1, 0.15) is 42.7 Å². The number of rotatable bonds is 5. The van der Waals surface area contributed by atoms with E-state index in [0.29, 0.717) is 64.9 Å². The lowest BCUT2D eigenvalue weighted by Gasteiger charge is -2.18. The summed E-state index contributed by atoms with van der Waals surface area (Å²) in [4.78, 5) is 13.2. The van der Waals surface area contributed by atoms with Crippen molar-refractivity contribution in [2.24, 2.45) is 0 Å². The van der Waals surface area contributed by atoms with Gasteiger partial charge in [0, 0.05) is 17.0 Å². The third-order valence-corrected chi connectivity index (χ3v) is 5.19. The molecular weight excluding hydrogens is 399 g/mol. The van der Waals surface area contributed by atoms with Crippen molar-refractivity contribution in [3.05, 3.63) is 88.9 Å². The molecule has 2 heterocycles. The lowest BCUT2D eigenvalue weighted by Crippen LogP contribution is -2.16. The van der Waals surface area contributed by atoms with Gasteiger partial charge in [0.25, 0.3) is 0 Å². The number of furan rings is 1. The third kappa shape index (κ3) is 3.72. The van der Waals surface area contributed by atoms with Crippen molar-refractivity contribution >= 4 is 16.8 Å². The molecule has 6 heteroatoms. The van der Waals surface area contributed by atoms with Gasteiger partial charge in [-0.2, -0.15) is 0 Å². The average Bonchev–Trinajstić information content (AvgIpc) is 3.12. The van der Waals surface area contributed by atoms with Crippen LogP contribution in [0.4, 0.5) is 4.39 Å². The first-order chi connectivity index (χ1) is 15.1. The zero-order chi connectivity index (χ0) is 21.4. The second-order valence-corrected chi connectivity index (χ2v) is 7.29. The van der Waals surface area contributed by atoms with E-state index in [1.165, 1.54) is 12.1 Å². The molecule has 156 valence electrons. The summed E-state index contributed by atoms with van der Waals surface area (Å²) in [6.07, 6.45) is 0. The number of benzene rings is 3. The van der Waals surface area contributed by atoms with Gasteiger partial charge in [0.2, 0.25) is 0 Å². The fourth-order valence-corrected chi connectivity index (χ4v) is 3.65. The summed E-state index contributed by atoms with van der Waals surface area (Å²) in [5.41, 5.74) is 2.44. The minimum absolute atomic E-state index is 0.145. The molecule has 0 saturated carbocycles. The minimum atomic E-state index is -0.286. The van der Waals surface area contributed by atoms with Crippen molar-refractivity contribution < 1.29 is 27.8 Å². The molecule has 0 bridgehead atoms. The van der Waals surface area contributed by atoms with Crippen LogP contribution in [0, 0.1) is 12.7 Å². The molecule has 0 fully saturated rings. The van der Waals surface area contributed by atoms with Crippen LogP contribution in [0.3, 0.4) is 0 Å². The Kier molecular flexibility index (Phi) is 4.82. The maximum atomic E-state index is 13.2. The Balaban J connectivity index is 1.41. The molecule has 31 heavy (non-hydrogen) atoms. The maximum Gasteiger partial charge on any atom is 0.197 e. The van der Waals surface area contributed by atoms with Crippen molar-refractivity contribution in [1.29, 1.82) is 0 Å². The lowest BCUT2D eigenvalue weighted by molar-refractivity contribution is 0.103. The quantitative estimate of drug-likeness (QED) is 0.403. The van der Waals surface area contributed by atoms with Crippen LogP contribution in [0.15, 0.2) is 65.1 Å². The number of ketones is 1. The van der Waals surface area contributed by atoms with Crippen LogP contribution >= 0.6 is 0 Å². The normalized spacial score (nSPS) is 12.7. The molecule has 3 aromatic carbocycles. The largest absolute Gasteiger partial charge is 0.489 e. The van der Waals surface area contributed by atoms with E-state index in [4.69, 9.17) is 18.6 Å². The van der Waals surface area contributed by atoms with Crippen LogP contribution in [0.25, 0.3) is 11.0 Å². The first kappa shape index (κ1) is 19.2. The van der Waals surface area contributed by atoms with Gasteiger partial charge < -0.3 is 18.6 Å². The Bertz CT molecular complexity index is 1270. The summed E-state index contributed by atoms with van der Waals surface area (Å²) in [5.74, 6) is 1.91. The summed E-state index contributed by atoms with van der Waals surface area (Å²) >= 11 is 0. The van der Waals surface area contributed by atoms with E-state index >= 15 is 0 Å². The molecule has 4 aromatic rings. The Labute approximate surface area is 178 Å². The van der Waals surface area contributed by atoms with E-state index in [2.05, 4.69) is 0 Å². The molecule has 0 unspecified atom stereocenters. The van der Waals surface area contributed by atoms with E-state index < -0.39 is 0 Å². The van der Waals surface area contributed by atoms with Gasteiger partial charge in [0.05, 0.1) is 5.56 Å². The number of hydrogen-bond acceptors (Lipinski definition) is 5. The molecular formula is C25H19FO5. The monoisotopic (exact) mass is 418 g/mol. The summed E-state index contributed by atoms with van der Waals surface area (Å²) in [5, 5.41) is 0.714. The predicted molar refractivity (Wildman–Crippen MR) is 113 cm³/mol. The first-order valence-electron chi connectivity index (χ1n) is 9.93. The van der Waals surface area contributed by atoms with E-state index in [9.17, 15) is 9.18 Å². The van der Waals surface area contributed by atoms with Crippen LogP contribution in [0.5, 0.6) is 17.2 Å². The fourth-order valence-electron chi connectivity index (χ4n) is 3.65. The van der Waals surface area contributed by atoms with Crippen molar-refractivity contribution in [2.45, 2.75) is 13.5 Å². The van der Waals surface area contributed by atoms with Gasteiger partial charge in [-0.3, -0.25) is 4.79 Å². The number of hydrogen-bond donors (Lipinski definition) is 0. The molecule has 0 atom stereocenters. The molecule has 1 aliphatic heterocycles. The van der Waals surface area contributed by atoms with Crippen LogP contribution < -0.4 is 14.2 Å². The number of halogens is 1. The van der Waals surface area contributed by atoms with Gasteiger partial charge in [-0.1, -0.05) is 12.1 Å². The molecule has 0 amide bonds. The zero-order valence-electron chi connectivity index (χ0n) is 16.8. The Morgan fingerprint density at radius 2 is 1.74 bits per heavy atom. The van der Waals surface area contributed by atoms with Crippen molar-refractivity contribution in [3.63, 3.8) is 0 Å². The van der Waals surface area contributed by atoms with Crippen LogP contribution in [-0.2, 0) is 6.61 Å². The Morgan fingerprint density at radius 1 is 0.968 bits per heavy atom. The van der Waals surface area contributed by atoms with Crippen molar-refractivity contribution in [3.8, 4) is 17.2 Å². The molecule has 5 rings (SSSR count). The molecule has 0 spiro atoms. The highest BCUT2D eigenvalue weighted by Gasteiger charge is 2.22. The number of carbonyl (C=O) groups is 1. The summed E-state index contributed by atoms with van der Waals surface area (Å²) in [6, 6.07) is 16.7. The second kappa shape index (κ2) is 7.80. The zero-order valence-corrected chi connectivity index (χ0v) is 16.8. The van der Waals surface area contributed by atoms with Gasteiger partial charge in [-0.05, 0) is 55.0 Å². The number of fused-ring (bicyclic) bond motifs is 2. The van der Waals surface area contributed by atoms with Crippen LogP contribution in [0.2, 0.25) is 0 Å². The van der Waals surface area contributed by atoms with Crippen LogP contribution in [0.1, 0.15) is 27.2 Å². The van der Waals surface area contributed by atoms with Gasteiger partial charge in [0.15, 0.2) is 17.3 Å². The SMILES string of the molecule is Cc1oc2cc(OCc3ccc(F)cc3)ccc2c1C(=O)c1ccc2c(c1)OCCO2. The van der Waals surface area contributed by atoms with E-state index in [0.717, 1.165) is 5.56 Å². The Hall–Kier alpha value is -3.80. The van der Waals surface area contributed by atoms with Crippen LogP contribution in [-0.4, -0.2) is 19.0 Å². The third-order valence-electron chi connectivity index (χ3n) is 5.19. The highest BCUT2D eigenvalue weighted by Crippen LogP contribution is 2.34.